The Morgan fingerprint density at radius 2 is 1.92 bits per heavy atom. The Balaban J connectivity index is 1.83. The van der Waals surface area contributed by atoms with Crippen LogP contribution < -0.4 is 16.4 Å². The van der Waals surface area contributed by atoms with Crippen molar-refractivity contribution >= 4 is 33.2 Å². The predicted molar refractivity (Wildman–Crippen MR) is 90.0 cm³/mol. The second-order valence-electron chi connectivity index (χ2n) is 5.66. The van der Waals surface area contributed by atoms with Crippen LogP contribution in [0.1, 0.15) is 23.2 Å². The van der Waals surface area contributed by atoms with E-state index in [0.29, 0.717) is 17.5 Å². The van der Waals surface area contributed by atoms with Crippen LogP contribution in [0.5, 0.6) is 0 Å². The topological polar surface area (TPSA) is 127 Å². The highest BCUT2D eigenvalue weighted by molar-refractivity contribution is 7.90. The Hall–Kier alpha value is -2.68. The highest BCUT2D eigenvalue weighted by Gasteiger charge is 2.24. The summed E-state index contributed by atoms with van der Waals surface area (Å²) in [6.45, 7) is 0. The number of sulfone groups is 1. The van der Waals surface area contributed by atoms with E-state index in [1.165, 1.54) is 18.3 Å². The van der Waals surface area contributed by atoms with Crippen LogP contribution >= 0.6 is 0 Å². The Labute approximate surface area is 139 Å². The molecule has 0 radical (unpaired) electrons. The first-order valence-electron chi connectivity index (χ1n) is 7.33. The van der Waals surface area contributed by atoms with Gasteiger partial charge < -0.3 is 16.4 Å². The van der Waals surface area contributed by atoms with Gasteiger partial charge in [0.25, 0.3) is 5.91 Å². The number of nitrogens with zero attached hydrogens (tertiary/aromatic N) is 2. The molecule has 4 N–H and O–H groups in total. The fourth-order valence-corrected chi connectivity index (χ4v) is 2.70. The number of primary amides is 1. The number of nitrogens with one attached hydrogen (secondary N) is 2. The number of benzene rings is 1. The highest BCUT2D eigenvalue weighted by atomic mass is 32.2. The molecule has 0 unspecified atom stereocenters. The van der Waals surface area contributed by atoms with Gasteiger partial charge in [0.2, 0.25) is 5.95 Å². The first-order chi connectivity index (χ1) is 11.3. The molecule has 0 atom stereocenters. The van der Waals surface area contributed by atoms with Crippen LogP contribution in [-0.2, 0) is 9.84 Å². The number of aromatic nitrogens is 2. The highest BCUT2D eigenvalue weighted by Crippen LogP contribution is 2.26. The maximum Gasteiger partial charge on any atom is 0.254 e. The van der Waals surface area contributed by atoms with Gasteiger partial charge >= 0.3 is 0 Å². The van der Waals surface area contributed by atoms with Gasteiger partial charge in [0.15, 0.2) is 9.84 Å². The zero-order valence-corrected chi connectivity index (χ0v) is 13.8. The first kappa shape index (κ1) is 16.2. The van der Waals surface area contributed by atoms with Gasteiger partial charge in [-0.05, 0) is 37.1 Å². The summed E-state index contributed by atoms with van der Waals surface area (Å²) in [4.78, 5) is 20.0. The van der Waals surface area contributed by atoms with E-state index in [-0.39, 0.29) is 16.4 Å². The van der Waals surface area contributed by atoms with E-state index in [9.17, 15) is 13.2 Å². The molecule has 24 heavy (non-hydrogen) atoms. The molecule has 1 saturated carbocycles. The maximum atomic E-state index is 11.5. The minimum absolute atomic E-state index is 0.231. The van der Waals surface area contributed by atoms with Crippen LogP contribution in [0.2, 0.25) is 0 Å². The quantitative estimate of drug-likeness (QED) is 0.718. The first-order valence-corrected chi connectivity index (χ1v) is 9.22. The molecular weight excluding hydrogens is 330 g/mol. The minimum atomic E-state index is -3.24. The van der Waals surface area contributed by atoms with E-state index in [4.69, 9.17) is 5.73 Å². The number of hydrogen-bond acceptors (Lipinski definition) is 7. The molecule has 1 aliphatic rings. The van der Waals surface area contributed by atoms with Crippen LogP contribution in [0.15, 0.2) is 35.4 Å². The van der Waals surface area contributed by atoms with Gasteiger partial charge in [0, 0.05) is 24.2 Å². The van der Waals surface area contributed by atoms with Gasteiger partial charge in [-0.3, -0.25) is 4.79 Å². The monoisotopic (exact) mass is 347 g/mol. The maximum absolute atomic E-state index is 11.5. The Bertz CT molecular complexity index is 876. The molecular formula is C15H17N5O3S. The Morgan fingerprint density at radius 3 is 2.46 bits per heavy atom. The van der Waals surface area contributed by atoms with Crippen LogP contribution in [0.3, 0.4) is 0 Å². The average molecular weight is 347 g/mol. The summed E-state index contributed by atoms with van der Waals surface area (Å²) in [6.07, 6.45) is 4.57. The van der Waals surface area contributed by atoms with E-state index in [1.54, 1.807) is 12.1 Å². The van der Waals surface area contributed by atoms with E-state index in [2.05, 4.69) is 20.6 Å². The van der Waals surface area contributed by atoms with E-state index in [0.717, 1.165) is 19.1 Å². The van der Waals surface area contributed by atoms with Gasteiger partial charge in [0.1, 0.15) is 5.82 Å². The molecule has 0 spiro atoms. The largest absolute Gasteiger partial charge is 0.367 e. The lowest BCUT2D eigenvalue weighted by atomic mass is 10.3. The molecule has 2 aromatic rings. The van der Waals surface area contributed by atoms with E-state index in [1.807, 2.05) is 0 Å². The van der Waals surface area contributed by atoms with Crippen molar-refractivity contribution in [3.8, 4) is 0 Å². The molecule has 1 fully saturated rings. The lowest BCUT2D eigenvalue weighted by Gasteiger charge is -2.11. The van der Waals surface area contributed by atoms with Crippen molar-refractivity contribution in [1.82, 2.24) is 9.97 Å². The fourth-order valence-electron chi connectivity index (χ4n) is 2.07. The lowest BCUT2D eigenvalue weighted by molar-refractivity contribution is 0.100. The number of rotatable bonds is 6. The lowest BCUT2D eigenvalue weighted by Crippen LogP contribution is -2.17. The second kappa shape index (κ2) is 6.08. The summed E-state index contributed by atoms with van der Waals surface area (Å²) in [6, 6.07) is 6.54. The summed E-state index contributed by atoms with van der Waals surface area (Å²) in [5.41, 5.74) is 6.20. The predicted octanol–water partition coefficient (Wildman–Crippen LogP) is 1.30. The van der Waals surface area contributed by atoms with Crippen molar-refractivity contribution in [3.05, 3.63) is 36.0 Å². The molecule has 0 bridgehead atoms. The third-order valence-corrected chi connectivity index (χ3v) is 4.64. The van der Waals surface area contributed by atoms with Crippen molar-refractivity contribution in [3.63, 3.8) is 0 Å². The summed E-state index contributed by atoms with van der Waals surface area (Å²) in [7, 11) is -3.24. The molecule has 0 saturated heterocycles. The standard InChI is InChI=1S/C15H17N5O3S/c1-24(22,23)11-6-4-10(5-7-11)19-15-17-8-12(13(16)21)14(20-15)18-9-2-3-9/h4-9H,2-3H2,1H3,(H2,16,21)(H2,17,18,19,20). The summed E-state index contributed by atoms with van der Waals surface area (Å²) < 4.78 is 22.9. The second-order valence-corrected chi connectivity index (χ2v) is 7.68. The normalized spacial score (nSPS) is 14.2. The van der Waals surface area contributed by atoms with Crippen molar-refractivity contribution in [2.75, 3.05) is 16.9 Å². The zero-order valence-electron chi connectivity index (χ0n) is 13.0. The van der Waals surface area contributed by atoms with Crippen LogP contribution in [0.25, 0.3) is 0 Å². The van der Waals surface area contributed by atoms with Crippen molar-refractivity contribution < 1.29 is 13.2 Å². The third kappa shape index (κ3) is 3.80. The number of hydrogen-bond donors (Lipinski definition) is 3. The summed E-state index contributed by atoms with van der Waals surface area (Å²) >= 11 is 0. The number of nitrogens with two attached hydrogens (primary N) is 1. The molecule has 1 aromatic heterocycles. The number of carbonyl (C=O) groups excluding carboxylic acids is 1. The molecule has 8 nitrogen and oxygen atoms in total. The van der Waals surface area contributed by atoms with Gasteiger partial charge in [-0.1, -0.05) is 0 Å². The molecule has 1 aromatic carbocycles. The fraction of sp³-hybridized carbons (Fsp3) is 0.267. The number of anilines is 3. The van der Waals surface area contributed by atoms with Gasteiger partial charge in [0.05, 0.1) is 10.5 Å². The minimum Gasteiger partial charge on any atom is -0.367 e. The van der Waals surface area contributed by atoms with E-state index >= 15 is 0 Å². The van der Waals surface area contributed by atoms with Crippen LogP contribution in [-0.4, -0.2) is 36.6 Å². The van der Waals surface area contributed by atoms with Crippen LogP contribution in [0.4, 0.5) is 17.5 Å². The van der Waals surface area contributed by atoms with Crippen molar-refractivity contribution in [2.24, 2.45) is 5.73 Å². The van der Waals surface area contributed by atoms with Gasteiger partial charge in [-0.15, -0.1) is 0 Å². The SMILES string of the molecule is CS(=O)(=O)c1ccc(Nc2ncc(C(N)=O)c(NC3CC3)n2)cc1. The molecule has 1 heterocycles. The molecule has 3 rings (SSSR count). The Kier molecular flexibility index (Phi) is 4.10. The van der Waals surface area contributed by atoms with Crippen molar-refractivity contribution in [1.29, 1.82) is 0 Å². The molecule has 1 amide bonds. The average Bonchev–Trinajstić information content (AvgIpc) is 3.31. The van der Waals surface area contributed by atoms with Crippen molar-refractivity contribution in [2.45, 2.75) is 23.8 Å². The van der Waals surface area contributed by atoms with Crippen LogP contribution in [0, 0.1) is 0 Å². The smallest absolute Gasteiger partial charge is 0.254 e. The Morgan fingerprint density at radius 1 is 1.25 bits per heavy atom. The zero-order chi connectivity index (χ0) is 17.3. The molecule has 9 heteroatoms. The van der Waals surface area contributed by atoms with Gasteiger partial charge in [-0.25, -0.2) is 13.4 Å². The summed E-state index contributed by atoms with van der Waals surface area (Å²) in [5, 5.41) is 6.12. The molecule has 0 aliphatic heterocycles. The van der Waals surface area contributed by atoms with E-state index < -0.39 is 15.7 Å². The third-order valence-electron chi connectivity index (χ3n) is 3.51. The van der Waals surface area contributed by atoms with Gasteiger partial charge in [-0.2, -0.15) is 4.98 Å². The number of carbonyl (C=O) groups is 1. The summed E-state index contributed by atoms with van der Waals surface area (Å²) in [5.74, 6) is 0.0905. The molecule has 1 aliphatic carbocycles. The molecule has 126 valence electrons. The number of amides is 1.